The van der Waals surface area contributed by atoms with Crippen LogP contribution in [-0.4, -0.2) is 36.0 Å². The van der Waals surface area contributed by atoms with Crippen molar-refractivity contribution in [1.29, 1.82) is 0 Å². The van der Waals surface area contributed by atoms with Gasteiger partial charge < -0.3 is 9.64 Å². The van der Waals surface area contributed by atoms with Crippen molar-refractivity contribution < 1.29 is 9.53 Å². The zero-order chi connectivity index (χ0) is 20.5. The largest absolute Gasteiger partial charge is 0.497 e. The van der Waals surface area contributed by atoms with Crippen LogP contribution in [0.5, 0.6) is 5.75 Å². The predicted octanol–water partition coefficient (Wildman–Crippen LogP) is 5.21. The van der Waals surface area contributed by atoms with E-state index in [1.54, 1.807) is 7.11 Å². The molecule has 0 aliphatic heterocycles. The molecule has 0 unspecified atom stereocenters. The van der Waals surface area contributed by atoms with Gasteiger partial charge in [-0.3, -0.25) is 4.79 Å². The summed E-state index contributed by atoms with van der Waals surface area (Å²) in [7, 11) is 3.54. The van der Waals surface area contributed by atoms with E-state index in [0.717, 1.165) is 51.9 Å². The number of hydrogen-bond donors (Lipinski definition) is 0. The molecule has 0 radical (unpaired) electrons. The summed E-state index contributed by atoms with van der Waals surface area (Å²) in [4.78, 5) is 20.1. The lowest BCUT2D eigenvalue weighted by molar-refractivity contribution is 0.0756. The minimum absolute atomic E-state index is 0.0700. The minimum Gasteiger partial charge on any atom is -0.497 e. The van der Waals surface area contributed by atoms with Gasteiger partial charge in [0.2, 0.25) is 0 Å². The Kier molecular flexibility index (Phi) is 5.10. The van der Waals surface area contributed by atoms with Crippen molar-refractivity contribution in [2.24, 2.45) is 0 Å². The van der Waals surface area contributed by atoms with Crippen molar-refractivity contribution >= 4 is 28.5 Å². The lowest BCUT2D eigenvalue weighted by atomic mass is 9.99. The summed E-state index contributed by atoms with van der Waals surface area (Å²) in [5.74, 6) is 0.910. The molecule has 0 bridgehead atoms. The Hall–Kier alpha value is -3.14. The standard InChI is InChI=1S/C25H26N2O2/c1-16(2)27(3)25(28)23-20-7-5-6-8-22(20)26-24-18(11-14-21(23)24)15-17-9-12-19(29-4)13-10-17/h5-10,12-13,15-16H,11,14H2,1-4H3/b18-15+. The summed E-state index contributed by atoms with van der Waals surface area (Å²) in [6.45, 7) is 4.08. The number of nitrogens with zero attached hydrogens (tertiary/aromatic N) is 2. The minimum atomic E-state index is 0.0700. The number of amides is 1. The van der Waals surface area contributed by atoms with E-state index in [1.807, 2.05) is 74.3 Å². The third-order valence-corrected chi connectivity index (χ3v) is 5.71. The summed E-state index contributed by atoms with van der Waals surface area (Å²) in [6.07, 6.45) is 3.89. The normalized spacial score (nSPS) is 14.4. The number of pyridine rings is 1. The van der Waals surface area contributed by atoms with Gasteiger partial charge in [-0.25, -0.2) is 4.98 Å². The number of carbonyl (C=O) groups excluding carboxylic acids is 1. The molecular weight excluding hydrogens is 360 g/mol. The molecule has 0 N–H and O–H groups in total. The summed E-state index contributed by atoms with van der Waals surface area (Å²) in [5, 5.41) is 0.939. The summed E-state index contributed by atoms with van der Waals surface area (Å²) in [5.41, 5.74) is 5.99. The van der Waals surface area contributed by atoms with Crippen molar-refractivity contribution in [2.75, 3.05) is 14.2 Å². The van der Waals surface area contributed by atoms with Crippen LogP contribution in [0.3, 0.4) is 0 Å². The Balaban J connectivity index is 1.86. The van der Waals surface area contributed by atoms with Gasteiger partial charge in [0.05, 0.1) is 23.9 Å². The van der Waals surface area contributed by atoms with Gasteiger partial charge in [-0.2, -0.15) is 0 Å². The quantitative estimate of drug-likeness (QED) is 0.618. The molecule has 148 valence electrons. The lowest BCUT2D eigenvalue weighted by Gasteiger charge is -2.23. The number of allylic oxidation sites excluding steroid dienone is 1. The van der Waals surface area contributed by atoms with Crippen LogP contribution in [0.1, 0.15) is 47.4 Å². The Labute approximate surface area is 171 Å². The molecule has 4 nitrogen and oxygen atoms in total. The summed E-state index contributed by atoms with van der Waals surface area (Å²) >= 11 is 0. The second-order valence-corrected chi connectivity index (χ2v) is 7.78. The molecule has 1 aliphatic carbocycles. The fourth-order valence-electron chi connectivity index (χ4n) is 3.84. The Morgan fingerprint density at radius 2 is 1.83 bits per heavy atom. The Morgan fingerprint density at radius 1 is 1.10 bits per heavy atom. The first-order chi connectivity index (χ1) is 14.0. The van der Waals surface area contributed by atoms with Crippen LogP contribution in [0.4, 0.5) is 0 Å². The molecule has 3 aromatic rings. The number of aromatic nitrogens is 1. The molecule has 2 aromatic carbocycles. The molecule has 0 saturated heterocycles. The molecule has 0 saturated carbocycles. The van der Waals surface area contributed by atoms with Crippen LogP contribution in [0, 0.1) is 0 Å². The lowest BCUT2D eigenvalue weighted by Crippen LogP contribution is -2.33. The maximum atomic E-state index is 13.4. The second kappa shape index (κ2) is 7.70. The molecule has 1 aliphatic rings. The fourth-order valence-corrected chi connectivity index (χ4v) is 3.84. The monoisotopic (exact) mass is 386 g/mol. The van der Waals surface area contributed by atoms with Crippen molar-refractivity contribution in [3.63, 3.8) is 0 Å². The van der Waals surface area contributed by atoms with E-state index in [4.69, 9.17) is 9.72 Å². The van der Waals surface area contributed by atoms with Gasteiger partial charge in [-0.1, -0.05) is 30.3 Å². The highest BCUT2D eigenvalue weighted by molar-refractivity contribution is 6.09. The first-order valence-electron chi connectivity index (χ1n) is 10.0. The highest BCUT2D eigenvalue weighted by Gasteiger charge is 2.28. The first kappa shape index (κ1) is 19.2. The molecule has 0 atom stereocenters. The van der Waals surface area contributed by atoms with E-state index in [1.165, 1.54) is 5.57 Å². The van der Waals surface area contributed by atoms with E-state index in [-0.39, 0.29) is 11.9 Å². The zero-order valence-electron chi connectivity index (χ0n) is 17.4. The average molecular weight is 386 g/mol. The number of rotatable bonds is 4. The van der Waals surface area contributed by atoms with Crippen LogP contribution in [0.25, 0.3) is 22.6 Å². The van der Waals surface area contributed by atoms with Crippen molar-refractivity contribution in [1.82, 2.24) is 9.88 Å². The van der Waals surface area contributed by atoms with E-state index in [2.05, 4.69) is 6.08 Å². The highest BCUT2D eigenvalue weighted by Crippen LogP contribution is 2.38. The number of carbonyl (C=O) groups is 1. The fraction of sp³-hybridized carbons (Fsp3) is 0.280. The van der Waals surface area contributed by atoms with Gasteiger partial charge in [0.15, 0.2) is 0 Å². The van der Waals surface area contributed by atoms with Gasteiger partial charge in [-0.05, 0) is 67.7 Å². The zero-order valence-corrected chi connectivity index (χ0v) is 17.4. The third kappa shape index (κ3) is 3.51. The third-order valence-electron chi connectivity index (χ3n) is 5.71. The SMILES string of the molecule is COc1ccc(/C=C2\CCc3c2nc2ccccc2c3C(=O)N(C)C(C)C)cc1. The molecule has 4 heteroatoms. The van der Waals surface area contributed by atoms with Gasteiger partial charge in [-0.15, -0.1) is 0 Å². The number of benzene rings is 2. The maximum absolute atomic E-state index is 13.4. The molecule has 1 amide bonds. The van der Waals surface area contributed by atoms with Crippen molar-refractivity contribution in [2.45, 2.75) is 32.7 Å². The van der Waals surface area contributed by atoms with Crippen LogP contribution >= 0.6 is 0 Å². The number of methoxy groups -OCH3 is 1. The topological polar surface area (TPSA) is 42.4 Å². The molecule has 1 heterocycles. The van der Waals surface area contributed by atoms with Crippen LogP contribution < -0.4 is 4.74 Å². The van der Waals surface area contributed by atoms with E-state index in [9.17, 15) is 4.79 Å². The van der Waals surface area contributed by atoms with Crippen molar-refractivity contribution in [3.05, 3.63) is 70.9 Å². The van der Waals surface area contributed by atoms with E-state index in [0.29, 0.717) is 0 Å². The first-order valence-corrected chi connectivity index (χ1v) is 10.0. The molecule has 0 spiro atoms. The molecule has 4 rings (SSSR count). The second-order valence-electron chi connectivity index (χ2n) is 7.78. The molecule has 1 aromatic heterocycles. The number of para-hydroxylation sites is 1. The van der Waals surface area contributed by atoms with Gasteiger partial charge in [0, 0.05) is 18.5 Å². The van der Waals surface area contributed by atoms with Gasteiger partial charge >= 0.3 is 0 Å². The van der Waals surface area contributed by atoms with Gasteiger partial charge in [0.1, 0.15) is 5.75 Å². The predicted molar refractivity (Wildman–Crippen MR) is 118 cm³/mol. The number of hydrogen-bond acceptors (Lipinski definition) is 3. The summed E-state index contributed by atoms with van der Waals surface area (Å²) in [6, 6.07) is 16.1. The Morgan fingerprint density at radius 3 is 2.52 bits per heavy atom. The number of ether oxygens (including phenoxy) is 1. The molecule has 29 heavy (non-hydrogen) atoms. The highest BCUT2D eigenvalue weighted by atomic mass is 16.5. The van der Waals surface area contributed by atoms with E-state index >= 15 is 0 Å². The Bertz CT molecular complexity index is 1100. The summed E-state index contributed by atoms with van der Waals surface area (Å²) < 4.78 is 5.25. The van der Waals surface area contributed by atoms with E-state index < -0.39 is 0 Å². The molecular formula is C25H26N2O2. The van der Waals surface area contributed by atoms with Crippen LogP contribution in [0.2, 0.25) is 0 Å². The maximum Gasteiger partial charge on any atom is 0.254 e. The average Bonchev–Trinajstić information content (AvgIpc) is 3.13. The molecule has 0 fully saturated rings. The van der Waals surface area contributed by atoms with Gasteiger partial charge in [0.25, 0.3) is 5.91 Å². The van der Waals surface area contributed by atoms with Crippen LogP contribution in [0.15, 0.2) is 48.5 Å². The smallest absolute Gasteiger partial charge is 0.254 e. The van der Waals surface area contributed by atoms with Crippen LogP contribution in [-0.2, 0) is 6.42 Å². The van der Waals surface area contributed by atoms with Crippen molar-refractivity contribution in [3.8, 4) is 5.75 Å². The number of fused-ring (bicyclic) bond motifs is 2.